The molecule has 2 spiro atoms. The molecule has 0 radical (unpaired) electrons. The number of aromatic nitrogens is 4. The SMILES string of the molecule is C1=CC2c3ccccc3C3(c4cc(-c5nc6ccccc6o5)ccc4-c4ccc(N(c5ccccc5)c5ccc(-c6nc7ccccc7nc6-c6ccc(N(c7ccccc7)c7ccc8c(c7)C7(c9ccccc9-c9ccccc97)c7cc(-c9nc%10ccccc%10o9)ccc7-8)cc6)cc5)cc43)C2C=C1. The highest BCUT2D eigenvalue weighted by atomic mass is 16.4. The molecular weight excluding hydrogens is 1270 g/mol. The van der Waals surface area contributed by atoms with Crippen molar-refractivity contribution >= 4 is 67.4 Å². The topological polar surface area (TPSA) is 84.3 Å². The van der Waals surface area contributed by atoms with E-state index in [1.807, 2.05) is 60.7 Å². The Hall–Kier alpha value is -13.6. The van der Waals surface area contributed by atoms with Crippen LogP contribution in [0.5, 0.6) is 0 Å². The van der Waals surface area contributed by atoms with Gasteiger partial charge >= 0.3 is 0 Å². The predicted molar refractivity (Wildman–Crippen MR) is 418 cm³/mol. The Kier molecular flexibility index (Phi) is 12.6. The number of allylic oxidation sites excluding steroid dienone is 4. The Morgan fingerprint density at radius 2 is 0.644 bits per heavy atom. The number of oxazole rings is 2. The summed E-state index contributed by atoms with van der Waals surface area (Å²) in [6.45, 7) is 0. The number of rotatable bonds is 10. The molecule has 0 fully saturated rings. The number of benzene rings is 14. The molecule has 8 heteroatoms. The van der Waals surface area contributed by atoms with Crippen molar-refractivity contribution in [1.29, 1.82) is 0 Å². The maximum Gasteiger partial charge on any atom is 0.227 e. The van der Waals surface area contributed by atoms with Gasteiger partial charge in [-0.2, -0.15) is 0 Å². The second-order valence-corrected chi connectivity index (χ2v) is 27.9. The first-order valence-corrected chi connectivity index (χ1v) is 35.7. The molecule has 5 aliphatic rings. The molecular formula is C96H60N6O2. The van der Waals surface area contributed by atoms with E-state index in [2.05, 4.69) is 301 Å². The van der Waals surface area contributed by atoms with Crippen molar-refractivity contribution in [2.45, 2.75) is 16.7 Å². The van der Waals surface area contributed by atoms with Crippen LogP contribution < -0.4 is 9.80 Å². The Morgan fingerprint density at radius 1 is 0.269 bits per heavy atom. The normalized spacial score (nSPS) is 16.3. The number of nitrogens with zero attached hydrogens (tertiary/aromatic N) is 6. The van der Waals surface area contributed by atoms with E-state index in [0.29, 0.717) is 11.8 Å². The van der Waals surface area contributed by atoms with Crippen LogP contribution >= 0.6 is 0 Å². The first-order valence-electron chi connectivity index (χ1n) is 35.7. The fourth-order valence-corrected chi connectivity index (χ4v) is 18.3. The summed E-state index contributed by atoms with van der Waals surface area (Å²) in [4.78, 5) is 25.8. The Labute approximate surface area is 600 Å². The van der Waals surface area contributed by atoms with Gasteiger partial charge in [0.05, 0.1) is 33.3 Å². The molecule has 3 atom stereocenters. The van der Waals surface area contributed by atoms with Crippen molar-refractivity contribution in [3.8, 4) is 78.8 Å². The second-order valence-electron chi connectivity index (χ2n) is 27.9. The van der Waals surface area contributed by atoms with E-state index in [9.17, 15) is 0 Å². The molecule has 22 rings (SSSR count). The quantitative estimate of drug-likeness (QED) is 0.134. The van der Waals surface area contributed by atoms with Crippen molar-refractivity contribution in [3.63, 3.8) is 0 Å². The first kappa shape index (κ1) is 58.3. The zero-order valence-corrected chi connectivity index (χ0v) is 56.1. The molecule has 0 saturated heterocycles. The highest BCUT2D eigenvalue weighted by Gasteiger charge is 2.58. The number of hydrogen-bond donors (Lipinski definition) is 0. The third-order valence-corrected chi connectivity index (χ3v) is 22.6. The lowest BCUT2D eigenvalue weighted by Gasteiger charge is -2.37. The lowest BCUT2D eigenvalue weighted by Crippen LogP contribution is -2.33. The van der Waals surface area contributed by atoms with Crippen molar-refractivity contribution in [2.24, 2.45) is 5.92 Å². The van der Waals surface area contributed by atoms with E-state index in [-0.39, 0.29) is 11.8 Å². The van der Waals surface area contributed by atoms with Crippen LogP contribution in [-0.4, -0.2) is 19.9 Å². The lowest BCUT2D eigenvalue weighted by molar-refractivity contribution is 0.465. The molecule has 8 nitrogen and oxygen atoms in total. The van der Waals surface area contributed by atoms with Gasteiger partial charge in [0.25, 0.3) is 0 Å². The van der Waals surface area contributed by atoms with E-state index in [1.54, 1.807) is 0 Å². The van der Waals surface area contributed by atoms with Gasteiger partial charge < -0.3 is 18.6 Å². The first-order chi connectivity index (χ1) is 51.5. The zero-order chi connectivity index (χ0) is 68.2. The number of para-hydroxylation sites is 8. The number of fused-ring (bicyclic) bond motifs is 23. The maximum atomic E-state index is 6.50. The van der Waals surface area contributed by atoms with Crippen molar-refractivity contribution < 1.29 is 8.83 Å². The molecule has 0 aliphatic heterocycles. The Morgan fingerprint density at radius 3 is 1.18 bits per heavy atom. The van der Waals surface area contributed by atoms with E-state index >= 15 is 0 Å². The molecule has 0 bridgehead atoms. The van der Waals surface area contributed by atoms with Crippen LogP contribution in [0.3, 0.4) is 0 Å². The van der Waals surface area contributed by atoms with Gasteiger partial charge in [-0.1, -0.05) is 218 Å². The van der Waals surface area contributed by atoms with Gasteiger partial charge in [-0.3, -0.25) is 0 Å². The summed E-state index contributed by atoms with van der Waals surface area (Å²) >= 11 is 0. The summed E-state index contributed by atoms with van der Waals surface area (Å²) in [5, 5.41) is 0. The number of hydrogen-bond acceptors (Lipinski definition) is 8. The summed E-state index contributed by atoms with van der Waals surface area (Å²) in [7, 11) is 0. The van der Waals surface area contributed by atoms with Crippen molar-refractivity contribution in [2.75, 3.05) is 9.80 Å². The molecule has 0 saturated carbocycles. The summed E-state index contributed by atoms with van der Waals surface area (Å²) in [6, 6.07) is 118. The summed E-state index contributed by atoms with van der Waals surface area (Å²) < 4.78 is 13.0. The molecule has 3 aromatic heterocycles. The van der Waals surface area contributed by atoms with Crippen LogP contribution in [0.1, 0.15) is 50.4 Å². The van der Waals surface area contributed by atoms with Crippen molar-refractivity contribution in [3.05, 3.63) is 396 Å². The van der Waals surface area contributed by atoms with Gasteiger partial charge in [-0.05, 0) is 211 Å². The van der Waals surface area contributed by atoms with Crippen LogP contribution in [-0.2, 0) is 10.8 Å². The molecule has 3 heterocycles. The highest BCUT2D eigenvalue weighted by Crippen LogP contribution is 2.67. The average molecular weight is 1330 g/mol. The van der Waals surface area contributed by atoms with E-state index in [1.165, 1.54) is 77.9 Å². The lowest BCUT2D eigenvalue weighted by atomic mass is 9.65. The predicted octanol–water partition coefficient (Wildman–Crippen LogP) is 24.0. The van der Waals surface area contributed by atoms with E-state index in [4.69, 9.17) is 28.8 Å². The van der Waals surface area contributed by atoms with Crippen molar-refractivity contribution in [1.82, 2.24) is 19.9 Å². The standard InChI is InChI=1S/C96H60N6O2/c1-3-21-63(22-4-1)101(67-49-53-75-73-51-43-61(93-99-87-35-17-19-37-89(87)103-93)55-81(73)95(83(75)57-67)77-29-11-7-25-69(77)70-26-8-12-30-78(70)95)65-45-39-59(40-46-65)91-92(98-86-34-16-15-33-85(86)97-91)60-41-47-66(48-42-60)102(64-23-5-2-6-24-64)68-50-54-76-74-52-44-62(94-100-88-36-18-20-38-90(88)104-94)56-82(74)96(84(76)58-68)79-31-13-9-27-71(79)72-28-10-14-32-80(72)96/h1-58,69,77H. The van der Waals surface area contributed by atoms with Crippen LogP contribution in [0.4, 0.5) is 34.1 Å². The van der Waals surface area contributed by atoms with Gasteiger partial charge in [-0.15, -0.1) is 0 Å². The highest BCUT2D eigenvalue weighted by molar-refractivity contribution is 5.99. The zero-order valence-electron chi connectivity index (χ0n) is 56.1. The second kappa shape index (κ2) is 22.5. The summed E-state index contributed by atoms with van der Waals surface area (Å²) in [5.41, 5.74) is 32.9. The molecule has 0 amide bonds. The van der Waals surface area contributed by atoms with Gasteiger partial charge in [0, 0.05) is 68.2 Å². The van der Waals surface area contributed by atoms with Crippen LogP contribution in [0, 0.1) is 5.92 Å². The molecule has 5 aliphatic carbocycles. The fourth-order valence-electron chi connectivity index (χ4n) is 18.3. The molecule has 3 unspecified atom stereocenters. The Bertz CT molecular complexity index is 6360. The molecule has 104 heavy (non-hydrogen) atoms. The third-order valence-electron chi connectivity index (χ3n) is 22.6. The van der Waals surface area contributed by atoms with E-state index in [0.717, 1.165) is 101 Å². The minimum Gasteiger partial charge on any atom is -0.436 e. The van der Waals surface area contributed by atoms with Gasteiger partial charge in [-0.25, -0.2) is 19.9 Å². The minimum absolute atomic E-state index is 0.121. The van der Waals surface area contributed by atoms with Gasteiger partial charge in [0.2, 0.25) is 11.8 Å². The van der Waals surface area contributed by atoms with E-state index < -0.39 is 10.8 Å². The largest absolute Gasteiger partial charge is 0.436 e. The van der Waals surface area contributed by atoms with Gasteiger partial charge in [0.1, 0.15) is 11.0 Å². The molecule has 14 aromatic carbocycles. The van der Waals surface area contributed by atoms with Crippen LogP contribution in [0.15, 0.2) is 361 Å². The smallest absolute Gasteiger partial charge is 0.227 e. The summed E-state index contributed by atoms with van der Waals surface area (Å²) in [5.74, 6) is 1.54. The molecule has 17 aromatic rings. The molecule has 486 valence electrons. The maximum absolute atomic E-state index is 6.50. The average Bonchev–Trinajstić information content (AvgIpc) is 1.51. The third kappa shape index (κ3) is 8.42. The summed E-state index contributed by atoms with van der Waals surface area (Å²) in [6.07, 6.45) is 9.32. The molecule has 0 N–H and O–H groups in total. The number of anilines is 6. The van der Waals surface area contributed by atoms with Crippen LogP contribution in [0.25, 0.3) is 112 Å². The van der Waals surface area contributed by atoms with Crippen LogP contribution in [0.2, 0.25) is 0 Å². The Balaban J connectivity index is 0.648. The minimum atomic E-state index is -0.636. The van der Waals surface area contributed by atoms with Gasteiger partial charge in [0.15, 0.2) is 11.2 Å². The fraction of sp³-hybridized carbons (Fsp3) is 0.0417. The monoisotopic (exact) mass is 1330 g/mol.